The summed E-state index contributed by atoms with van der Waals surface area (Å²) in [6.07, 6.45) is 4.51. The molecule has 0 N–H and O–H groups in total. The summed E-state index contributed by atoms with van der Waals surface area (Å²) in [5, 5.41) is 0. The highest BCUT2D eigenvalue weighted by Crippen LogP contribution is 2.21. The van der Waals surface area contributed by atoms with E-state index in [9.17, 15) is 14.4 Å². The molecule has 7 heteroatoms. The first-order chi connectivity index (χ1) is 13.6. The molecule has 4 rings (SSSR count). The summed E-state index contributed by atoms with van der Waals surface area (Å²) in [7, 11) is 0. The Morgan fingerprint density at radius 2 is 1.68 bits per heavy atom. The lowest BCUT2D eigenvalue weighted by atomic mass is 10.1. The minimum absolute atomic E-state index is 0.0908. The van der Waals surface area contributed by atoms with Crippen molar-refractivity contribution in [3.8, 4) is 0 Å². The Labute approximate surface area is 161 Å². The maximum absolute atomic E-state index is 12.3. The molecule has 1 aliphatic rings. The van der Waals surface area contributed by atoms with E-state index < -0.39 is 5.97 Å². The van der Waals surface area contributed by atoms with Gasteiger partial charge in [0.05, 0.1) is 16.6 Å². The monoisotopic (exact) mass is 375 g/mol. The van der Waals surface area contributed by atoms with Gasteiger partial charge in [-0.25, -0.2) is 4.79 Å². The number of carbonyl (C=O) groups excluding carboxylic acids is 3. The van der Waals surface area contributed by atoms with E-state index in [-0.39, 0.29) is 18.3 Å². The number of benzene rings is 2. The van der Waals surface area contributed by atoms with Crippen molar-refractivity contribution in [2.45, 2.75) is 12.8 Å². The molecular weight excluding hydrogens is 358 g/mol. The standard InChI is InChI=1S/C21H17N3O4/c25-19(14-3-6-16(7-4-14)24-11-1-2-20(24)26)13-28-21(27)15-5-8-17-18(12-15)23-10-9-22-17/h3-10,12H,1-2,11,13H2. The van der Waals surface area contributed by atoms with Crippen LogP contribution in [-0.4, -0.2) is 40.8 Å². The van der Waals surface area contributed by atoms with E-state index in [4.69, 9.17) is 4.74 Å². The average Bonchev–Trinajstić information content (AvgIpc) is 3.17. The van der Waals surface area contributed by atoms with Gasteiger partial charge in [0.1, 0.15) is 0 Å². The second-order valence-electron chi connectivity index (χ2n) is 6.45. The number of fused-ring (bicyclic) bond motifs is 1. The number of ketones is 1. The molecule has 2 aromatic carbocycles. The highest BCUT2D eigenvalue weighted by atomic mass is 16.5. The van der Waals surface area contributed by atoms with Gasteiger partial charge in [-0.15, -0.1) is 0 Å². The van der Waals surface area contributed by atoms with Crippen LogP contribution in [0.3, 0.4) is 0 Å². The van der Waals surface area contributed by atoms with Crippen LogP contribution in [0.25, 0.3) is 11.0 Å². The number of amides is 1. The largest absolute Gasteiger partial charge is 0.454 e. The molecular formula is C21H17N3O4. The maximum Gasteiger partial charge on any atom is 0.338 e. The van der Waals surface area contributed by atoms with Gasteiger partial charge in [-0.3, -0.25) is 19.6 Å². The SMILES string of the molecule is O=C(COC(=O)c1ccc2nccnc2c1)c1ccc(N2CCCC2=O)cc1. The molecule has 140 valence electrons. The van der Waals surface area contributed by atoms with Gasteiger partial charge in [0, 0.05) is 36.6 Å². The Kier molecular flexibility index (Phi) is 4.80. The quantitative estimate of drug-likeness (QED) is 0.503. The van der Waals surface area contributed by atoms with Crippen LogP contribution in [0.2, 0.25) is 0 Å². The third-order valence-electron chi connectivity index (χ3n) is 4.61. The van der Waals surface area contributed by atoms with E-state index >= 15 is 0 Å². The van der Waals surface area contributed by atoms with Crippen molar-refractivity contribution in [2.24, 2.45) is 0 Å². The number of nitrogens with zero attached hydrogens (tertiary/aromatic N) is 3. The molecule has 28 heavy (non-hydrogen) atoms. The average molecular weight is 375 g/mol. The minimum atomic E-state index is -0.597. The van der Waals surface area contributed by atoms with Crippen LogP contribution < -0.4 is 4.90 Å². The van der Waals surface area contributed by atoms with Crippen molar-refractivity contribution in [3.05, 3.63) is 66.0 Å². The molecule has 0 spiro atoms. The van der Waals surface area contributed by atoms with Gasteiger partial charge in [-0.05, 0) is 48.9 Å². The van der Waals surface area contributed by atoms with E-state index in [0.717, 1.165) is 12.1 Å². The number of anilines is 1. The lowest BCUT2D eigenvalue weighted by molar-refractivity contribution is -0.117. The molecule has 1 amide bonds. The zero-order chi connectivity index (χ0) is 19.5. The van der Waals surface area contributed by atoms with Crippen molar-refractivity contribution >= 4 is 34.4 Å². The van der Waals surface area contributed by atoms with E-state index in [1.807, 2.05) is 0 Å². The molecule has 3 aromatic rings. The number of esters is 1. The molecule has 1 aromatic heterocycles. The Bertz CT molecular complexity index is 1060. The fraction of sp³-hybridized carbons (Fsp3) is 0.190. The van der Waals surface area contributed by atoms with E-state index in [1.165, 1.54) is 0 Å². The molecule has 7 nitrogen and oxygen atoms in total. The van der Waals surface area contributed by atoms with E-state index in [0.29, 0.717) is 35.1 Å². The fourth-order valence-electron chi connectivity index (χ4n) is 3.14. The predicted octanol–water partition coefficient (Wildman–Crippen LogP) is 2.80. The minimum Gasteiger partial charge on any atom is -0.454 e. The molecule has 2 heterocycles. The fourth-order valence-corrected chi connectivity index (χ4v) is 3.14. The molecule has 0 radical (unpaired) electrons. The van der Waals surface area contributed by atoms with Crippen LogP contribution in [0.1, 0.15) is 33.6 Å². The molecule has 1 aliphatic heterocycles. The van der Waals surface area contributed by atoms with Crippen molar-refractivity contribution < 1.29 is 19.1 Å². The Morgan fingerprint density at radius 1 is 0.964 bits per heavy atom. The lowest BCUT2D eigenvalue weighted by Gasteiger charge is -2.15. The van der Waals surface area contributed by atoms with Gasteiger partial charge in [0.15, 0.2) is 12.4 Å². The van der Waals surface area contributed by atoms with Gasteiger partial charge >= 0.3 is 5.97 Å². The Hall–Kier alpha value is -3.61. The first-order valence-corrected chi connectivity index (χ1v) is 8.93. The third-order valence-corrected chi connectivity index (χ3v) is 4.61. The van der Waals surface area contributed by atoms with Crippen molar-refractivity contribution in [1.29, 1.82) is 0 Å². The molecule has 0 bridgehead atoms. The molecule has 0 aliphatic carbocycles. The van der Waals surface area contributed by atoms with Crippen molar-refractivity contribution in [3.63, 3.8) is 0 Å². The lowest BCUT2D eigenvalue weighted by Crippen LogP contribution is -2.23. The predicted molar refractivity (Wildman–Crippen MR) is 102 cm³/mol. The number of carbonyl (C=O) groups is 3. The molecule has 0 atom stereocenters. The zero-order valence-electron chi connectivity index (χ0n) is 15.0. The Balaban J connectivity index is 1.39. The highest BCUT2D eigenvalue weighted by Gasteiger charge is 2.21. The smallest absolute Gasteiger partial charge is 0.338 e. The van der Waals surface area contributed by atoms with Gasteiger partial charge in [-0.2, -0.15) is 0 Å². The number of hydrogen-bond acceptors (Lipinski definition) is 6. The second kappa shape index (κ2) is 7.56. The summed E-state index contributed by atoms with van der Waals surface area (Å²) in [6, 6.07) is 11.6. The summed E-state index contributed by atoms with van der Waals surface area (Å²) in [5.41, 5.74) is 2.76. The topological polar surface area (TPSA) is 89.5 Å². The summed E-state index contributed by atoms with van der Waals surface area (Å²) < 4.78 is 5.14. The summed E-state index contributed by atoms with van der Waals surface area (Å²) in [4.78, 5) is 46.3. The van der Waals surface area contributed by atoms with E-state index in [1.54, 1.807) is 59.8 Å². The number of ether oxygens (including phenoxy) is 1. The summed E-state index contributed by atoms with van der Waals surface area (Å²) in [6.45, 7) is 0.333. The number of aromatic nitrogens is 2. The van der Waals surface area contributed by atoms with Crippen LogP contribution in [0.15, 0.2) is 54.9 Å². The summed E-state index contributed by atoms with van der Waals surface area (Å²) >= 11 is 0. The number of rotatable bonds is 5. The second-order valence-corrected chi connectivity index (χ2v) is 6.45. The van der Waals surface area contributed by atoms with Crippen molar-refractivity contribution in [1.82, 2.24) is 9.97 Å². The van der Waals surface area contributed by atoms with Crippen LogP contribution in [-0.2, 0) is 9.53 Å². The number of hydrogen-bond donors (Lipinski definition) is 0. The van der Waals surface area contributed by atoms with Gasteiger partial charge in [0.2, 0.25) is 5.91 Å². The Morgan fingerprint density at radius 3 is 2.39 bits per heavy atom. The first kappa shape index (κ1) is 17.8. The highest BCUT2D eigenvalue weighted by molar-refractivity contribution is 6.01. The number of Topliss-reactive ketones (excluding diaryl/α,β-unsaturated/α-hetero) is 1. The third kappa shape index (κ3) is 3.59. The van der Waals surface area contributed by atoms with E-state index in [2.05, 4.69) is 9.97 Å². The van der Waals surface area contributed by atoms with Gasteiger partial charge < -0.3 is 9.64 Å². The van der Waals surface area contributed by atoms with Gasteiger partial charge in [-0.1, -0.05) is 0 Å². The maximum atomic E-state index is 12.3. The van der Waals surface area contributed by atoms with Crippen LogP contribution >= 0.6 is 0 Å². The normalized spacial score (nSPS) is 13.7. The van der Waals surface area contributed by atoms with Gasteiger partial charge in [0.25, 0.3) is 0 Å². The molecule has 0 saturated carbocycles. The first-order valence-electron chi connectivity index (χ1n) is 8.93. The molecule has 0 unspecified atom stereocenters. The molecule has 1 fully saturated rings. The van der Waals surface area contributed by atoms with Crippen LogP contribution in [0, 0.1) is 0 Å². The molecule has 1 saturated heterocycles. The zero-order valence-corrected chi connectivity index (χ0v) is 15.0. The van der Waals surface area contributed by atoms with Crippen LogP contribution in [0.4, 0.5) is 5.69 Å². The van der Waals surface area contributed by atoms with Crippen molar-refractivity contribution in [2.75, 3.05) is 18.1 Å². The summed E-state index contributed by atoms with van der Waals surface area (Å²) in [5.74, 6) is -0.818. The van der Waals surface area contributed by atoms with Crippen LogP contribution in [0.5, 0.6) is 0 Å².